The molecule has 1 heterocycles. The molecule has 1 aliphatic heterocycles. The van der Waals surface area contributed by atoms with Crippen LogP contribution < -0.4 is 15.4 Å². The fourth-order valence-electron chi connectivity index (χ4n) is 2.01. The Morgan fingerprint density at radius 3 is 2.57 bits per heavy atom. The summed E-state index contributed by atoms with van der Waals surface area (Å²) in [5.74, 6) is -0.0368. The van der Waals surface area contributed by atoms with E-state index in [4.69, 9.17) is 0 Å². The van der Waals surface area contributed by atoms with E-state index in [0.717, 1.165) is 5.69 Å². The average Bonchev–Trinajstić information content (AvgIpc) is 2.47. The summed E-state index contributed by atoms with van der Waals surface area (Å²) in [7, 11) is 0. The Hall–Kier alpha value is -2.15. The molecule has 1 aromatic rings. The molecule has 1 aliphatic rings. The number of hydrogen-bond acceptors (Lipinski definition) is 4. The third-order valence-corrected chi connectivity index (χ3v) is 3.43. The highest BCUT2D eigenvalue weighted by Crippen LogP contribution is 2.16. The highest BCUT2D eigenvalue weighted by molar-refractivity contribution is 7.81. The molecule has 7 heteroatoms. The first-order valence-corrected chi connectivity index (χ1v) is 7.03. The Labute approximate surface area is 129 Å². The standard InChI is InChI=1S/C14H18N4O2S/c1-2-7-15-14(20)16-12-8-18(9-12)13(19)10-3-5-11(17-21)6-4-10/h2-6,12,17,21H,1,7-9H2,(H2,15,16,20). The molecular weight excluding hydrogens is 288 g/mol. The molecule has 2 rings (SSSR count). The van der Waals surface area contributed by atoms with Crippen LogP contribution in [0.2, 0.25) is 0 Å². The molecule has 0 spiro atoms. The summed E-state index contributed by atoms with van der Waals surface area (Å²) in [6.07, 6.45) is 1.61. The van der Waals surface area contributed by atoms with Gasteiger partial charge in [-0.2, -0.15) is 0 Å². The summed E-state index contributed by atoms with van der Waals surface area (Å²) in [4.78, 5) is 25.3. The molecule has 0 aromatic heterocycles. The molecule has 21 heavy (non-hydrogen) atoms. The van der Waals surface area contributed by atoms with Gasteiger partial charge in [0.05, 0.1) is 6.04 Å². The number of nitrogens with one attached hydrogen (secondary N) is 3. The minimum Gasteiger partial charge on any atom is -0.335 e. The second kappa shape index (κ2) is 7.03. The number of amides is 3. The molecule has 1 fully saturated rings. The van der Waals surface area contributed by atoms with Crippen LogP contribution in [0.4, 0.5) is 10.5 Å². The van der Waals surface area contributed by atoms with Crippen molar-refractivity contribution in [1.29, 1.82) is 0 Å². The quantitative estimate of drug-likeness (QED) is 0.489. The Kier molecular flexibility index (Phi) is 5.10. The lowest BCUT2D eigenvalue weighted by atomic mass is 10.1. The molecule has 1 saturated heterocycles. The Balaban J connectivity index is 1.79. The Morgan fingerprint density at radius 2 is 2.00 bits per heavy atom. The molecule has 0 unspecified atom stereocenters. The maximum Gasteiger partial charge on any atom is 0.315 e. The van der Waals surface area contributed by atoms with Crippen LogP contribution in [-0.4, -0.2) is 42.5 Å². The molecule has 0 radical (unpaired) electrons. The summed E-state index contributed by atoms with van der Waals surface area (Å²) >= 11 is 3.94. The smallest absolute Gasteiger partial charge is 0.315 e. The topological polar surface area (TPSA) is 73.5 Å². The number of likely N-dealkylation sites (tertiary alicyclic amines) is 1. The lowest BCUT2D eigenvalue weighted by Crippen LogP contribution is -2.62. The number of nitrogens with zero attached hydrogens (tertiary/aromatic N) is 1. The van der Waals surface area contributed by atoms with Crippen LogP contribution in [0, 0.1) is 0 Å². The second-order valence-electron chi connectivity index (χ2n) is 4.74. The van der Waals surface area contributed by atoms with Gasteiger partial charge < -0.3 is 20.3 Å². The van der Waals surface area contributed by atoms with E-state index in [9.17, 15) is 9.59 Å². The van der Waals surface area contributed by atoms with E-state index in [0.29, 0.717) is 25.2 Å². The SMILES string of the molecule is C=CCNC(=O)NC1CN(C(=O)c2ccc(NS)cc2)C1. The summed E-state index contributed by atoms with van der Waals surface area (Å²) in [6.45, 7) is 4.99. The minimum atomic E-state index is -0.240. The van der Waals surface area contributed by atoms with Gasteiger partial charge in [-0.15, -0.1) is 6.58 Å². The van der Waals surface area contributed by atoms with Crippen molar-refractivity contribution in [3.05, 3.63) is 42.5 Å². The lowest BCUT2D eigenvalue weighted by Gasteiger charge is -2.39. The van der Waals surface area contributed by atoms with E-state index in [2.05, 4.69) is 34.7 Å². The molecule has 0 aliphatic carbocycles. The summed E-state index contributed by atoms with van der Waals surface area (Å²) in [5.41, 5.74) is 1.45. The largest absolute Gasteiger partial charge is 0.335 e. The van der Waals surface area contributed by atoms with Crippen LogP contribution in [0.1, 0.15) is 10.4 Å². The van der Waals surface area contributed by atoms with Gasteiger partial charge in [-0.05, 0) is 24.3 Å². The van der Waals surface area contributed by atoms with Gasteiger partial charge in [0.2, 0.25) is 0 Å². The van der Waals surface area contributed by atoms with Gasteiger partial charge in [0.1, 0.15) is 0 Å². The maximum absolute atomic E-state index is 12.2. The van der Waals surface area contributed by atoms with Gasteiger partial charge in [-0.25, -0.2) is 4.79 Å². The first-order chi connectivity index (χ1) is 10.1. The molecule has 112 valence electrons. The molecule has 3 N–H and O–H groups in total. The van der Waals surface area contributed by atoms with Crippen molar-refractivity contribution in [1.82, 2.24) is 15.5 Å². The van der Waals surface area contributed by atoms with Crippen molar-refractivity contribution in [2.75, 3.05) is 24.4 Å². The number of rotatable bonds is 5. The fraction of sp³-hybridized carbons (Fsp3) is 0.286. The van der Waals surface area contributed by atoms with E-state index >= 15 is 0 Å². The molecular formula is C14H18N4O2S. The second-order valence-corrected chi connectivity index (χ2v) is 4.96. The first kappa shape index (κ1) is 15.2. The van der Waals surface area contributed by atoms with Crippen LogP contribution in [0.5, 0.6) is 0 Å². The molecule has 0 bridgehead atoms. The van der Waals surface area contributed by atoms with Crippen molar-refractivity contribution >= 4 is 30.4 Å². The zero-order valence-electron chi connectivity index (χ0n) is 11.5. The van der Waals surface area contributed by atoms with Gasteiger partial charge in [0, 0.05) is 30.9 Å². The zero-order valence-corrected chi connectivity index (χ0v) is 12.4. The van der Waals surface area contributed by atoms with Gasteiger partial charge in [-0.1, -0.05) is 18.9 Å². The molecule has 0 saturated carbocycles. The average molecular weight is 306 g/mol. The van der Waals surface area contributed by atoms with Gasteiger partial charge in [0.15, 0.2) is 0 Å². The van der Waals surface area contributed by atoms with Gasteiger partial charge in [-0.3, -0.25) is 4.79 Å². The Morgan fingerprint density at radius 1 is 1.33 bits per heavy atom. The zero-order chi connectivity index (χ0) is 15.2. The number of anilines is 1. The van der Waals surface area contributed by atoms with E-state index in [1.54, 1.807) is 35.2 Å². The van der Waals surface area contributed by atoms with Crippen LogP contribution >= 0.6 is 12.8 Å². The van der Waals surface area contributed by atoms with Crippen LogP contribution in [0.25, 0.3) is 0 Å². The van der Waals surface area contributed by atoms with E-state index in [-0.39, 0.29) is 18.0 Å². The highest BCUT2D eigenvalue weighted by Gasteiger charge is 2.32. The Bertz CT molecular complexity index is 526. The number of thiol groups is 1. The number of carbonyl (C=O) groups is 2. The fourth-order valence-corrected chi connectivity index (χ4v) is 2.16. The molecule has 3 amide bonds. The normalized spacial score (nSPS) is 14.0. The van der Waals surface area contributed by atoms with Crippen molar-refractivity contribution in [2.24, 2.45) is 0 Å². The number of urea groups is 1. The molecule has 1 aromatic carbocycles. The van der Waals surface area contributed by atoms with Crippen molar-refractivity contribution in [2.45, 2.75) is 6.04 Å². The van der Waals surface area contributed by atoms with Crippen LogP contribution in [0.15, 0.2) is 36.9 Å². The van der Waals surface area contributed by atoms with Crippen molar-refractivity contribution < 1.29 is 9.59 Å². The highest BCUT2D eigenvalue weighted by atomic mass is 32.1. The predicted octanol–water partition coefficient (Wildman–Crippen LogP) is 1.25. The predicted molar refractivity (Wildman–Crippen MR) is 85.5 cm³/mol. The number of hydrogen-bond donors (Lipinski definition) is 4. The number of benzene rings is 1. The third kappa shape index (κ3) is 3.91. The van der Waals surface area contributed by atoms with Crippen molar-refractivity contribution in [3.8, 4) is 0 Å². The maximum atomic E-state index is 12.2. The van der Waals surface area contributed by atoms with Crippen molar-refractivity contribution in [3.63, 3.8) is 0 Å². The third-order valence-electron chi connectivity index (χ3n) is 3.17. The van der Waals surface area contributed by atoms with Crippen LogP contribution in [0.3, 0.4) is 0 Å². The van der Waals surface area contributed by atoms with Crippen LogP contribution in [-0.2, 0) is 0 Å². The summed E-state index contributed by atoms with van der Waals surface area (Å²) < 4.78 is 2.70. The first-order valence-electron chi connectivity index (χ1n) is 6.58. The molecule has 0 atom stereocenters. The number of carbonyl (C=O) groups excluding carboxylic acids is 2. The molecule has 6 nitrogen and oxygen atoms in total. The van der Waals surface area contributed by atoms with Gasteiger partial charge >= 0.3 is 6.03 Å². The monoisotopic (exact) mass is 306 g/mol. The minimum absolute atomic E-state index is 0.00264. The summed E-state index contributed by atoms with van der Waals surface area (Å²) in [6, 6.07) is 6.83. The van der Waals surface area contributed by atoms with Gasteiger partial charge in [0.25, 0.3) is 5.91 Å². The summed E-state index contributed by atoms with van der Waals surface area (Å²) in [5, 5.41) is 5.43. The van der Waals surface area contributed by atoms with E-state index < -0.39 is 0 Å². The van der Waals surface area contributed by atoms with E-state index in [1.165, 1.54) is 0 Å². The lowest BCUT2D eigenvalue weighted by molar-refractivity contribution is 0.0577. The van der Waals surface area contributed by atoms with E-state index in [1.807, 2.05) is 0 Å².